The molecule has 2 heterocycles. The van der Waals surface area contributed by atoms with Crippen LogP contribution < -0.4 is 5.73 Å². The summed E-state index contributed by atoms with van der Waals surface area (Å²) in [6.07, 6.45) is 5.83. The van der Waals surface area contributed by atoms with Gasteiger partial charge in [-0.1, -0.05) is 0 Å². The van der Waals surface area contributed by atoms with Gasteiger partial charge in [0, 0.05) is 6.20 Å². The molecule has 0 bridgehead atoms. The first-order valence-corrected chi connectivity index (χ1v) is 5.00. The van der Waals surface area contributed by atoms with Crippen LogP contribution in [0.3, 0.4) is 0 Å². The number of nitrogens with zero attached hydrogens (tertiary/aromatic N) is 4. The molecule has 2 rings (SSSR count). The van der Waals surface area contributed by atoms with E-state index in [4.69, 9.17) is 10.5 Å². The van der Waals surface area contributed by atoms with Gasteiger partial charge in [0.05, 0.1) is 30.8 Å². The number of ether oxygens (including phenoxy) is 1. The summed E-state index contributed by atoms with van der Waals surface area (Å²) in [4.78, 5) is 19.3. The number of nitrogen functional groups attached to an aromatic ring is 1. The van der Waals surface area contributed by atoms with E-state index in [0.717, 1.165) is 0 Å². The van der Waals surface area contributed by atoms with E-state index < -0.39 is 5.97 Å². The summed E-state index contributed by atoms with van der Waals surface area (Å²) in [6, 6.07) is 0. The van der Waals surface area contributed by atoms with Crippen LogP contribution in [0, 0.1) is 0 Å². The highest BCUT2D eigenvalue weighted by Crippen LogP contribution is 2.06. The smallest absolute Gasteiger partial charge is 0.341 e. The molecule has 0 aromatic carbocycles. The van der Waals surface area contributed by atoms with E-state index in [1.807, 2.05) is 0 Å². The number of anilines is 1. The maximum absolute atomic E-state index is 11.4. The number of esters is 1. The minimum Gasteiger partial charge on any atom is -0.462 e. The summed E-state index contributed by atoms with van der Waals surface area (Å²) >= 11 is 0. The van der Waals surface area contributed by atoms with Crippen LogP contribution >= 0.6 is 0 Å². The molecule has 2 aromatic rings. The van der Waals surface area contributed by atoms with Gasteiger partial charge in [-0.15, -0.1) is 0 Å². The predicted octanol–water partition coefficient (Wildman–Crippen LogP) is 0.421. The van der Waals surface area contributed by atoms with E-state index in [1.165, 1.54) is 29.5 Å². The lowest BCUT2D eigenvalue weighted by molar-refractivity contribution is 0.0526. The van der Waals surface area contributed by atoms with Crippen LogP contribution in [0.2, 0.25) is 0 Å². The maximum Gasteiger partial charge on any atom is 0.341 e. The average Bonchev–Trinajstić information content (AvgIpc) is 2.80. The fourth-order valence-electron chi connectivity index (χ4n) is 1.22. The highest BCUT2D eigenvalue weighted by atomic mass is 16.5. The summed E-state index contributed by atoms with van der Waals surface area (Å²) in [5, 5.41) is 3.99. The Morgan fingerprint density at radius 3 is 2.88 bits per heavy atom. The van der Waals surface area contributed by atoms with Gasteiger partial charge in [-0.05, 0) is 6.92 Å². The molecule has 2 N–H and O–H groups in total. The van der Waals surface area contributed by atoms with Crippen molar-refractivity contribution in [2.45, 2.75) is 6.92 Å². The van der Waals surface area contributed by atoms with Gasteiger partial charge < -0.3 is 10.5 Å². The molecular weight excluding hydrogens is 222 g/mol. The third-order valence-electron chi connectivity index (χ3n) is 1.99. The molecule has 0 fully saturated rings. The molecular formula is C10H11N5O2. The zero-order valence-electron chi connectivity index (χ0n) is 9.20. The largest absolute Gasteiger partial charge is 0.462 e. The topological polar surface area (TPSA) is 95.9 Å². The maximum atomic E-state index is 11.4. The summed E-state index contributed by atoms with van der Waals surface area (Å²) in [7, 11) is 0. The number of hydrogen-bond acceptors (Lipinski definition) is 6. The normalized spacial score (nSPS) is 10.2. The molecule has 0 radical (unpaired) electrons. The Hall–Kier alpha value is -2.44. The van der Waals surface area contributed by atoms with Crippen LogP contribution in [-0.2, 0) is 4.74 Å². The van der Waals surface area contributed by atoms with Crippen molar-refractivity contribution in [3.05, 3.63) is 30.4 Å². The van der Waals surface area contributed by atoms with Crippen molar-refractivity contribution >= 4 is 11.8 Å². The van der Waals surface area contributed by atoms with E-state index in [1.54, 1.807) is 6.92 Å². The Morgan fingerprint density at radius 2 is 2.24 bits per heavy atom. The summed E-state index contributed by atoms with van der Waals surface area (Å²) in [5.74, 6) is 0.392. The lowest BCUT2D eigenvalue weighted by Gasteiger charge is -1.99. The zero-order chi connectivity index (χ0) is 12.3. The Morgan fingerprint density at radius 1 is 1.41 bits per heavy atom. The van der Waals surface area contributed by atoms with Crippen LogP contribution in [0.5, 0.6) is 0 Å². The third-order valence-corrected chi connectivity index (χ3v) is 1.99. The first-order valence-electron chi connectivity index (χ1n) is 5.00. The van der Waals surface area contributed by atoms with Gasteiger partial charge in [0.25, 0.3) is 0 Å². The molecule has 0 atom stereocenters. The first kappa shape index (κ1) is 11.1. The molecule has 0 aliphatic carbocycles. The van der Waals surface area contributed by atoms with Crippen LogP contribution in [0.15, 0.2) is 24.8 Å². The second kappa shape index (κ2) is 4.60. The fourth-order valence-corrected chi connectivity index (χ4v) is 1.22. The number of nitrogens with two attached hydrogens (primary N) is 1. The van der Waals surface area contributed by atoms with Crippen molar-refractivity contribution in [1.82, 2.24) is 19.7 Å². The summed E-state index contributed by atoms with van der Waals surface area (Å²) in [6.45, 7) is 2.07. The lowest BCUT2D eigenvalue weighted by Crippen LogP contribution is -2.03. The summed E-state index contributed by atoms with van der Waals surface area (Å²) < 4.78 is 6.28. The van der Waals surface area contributed by atoms with Crippen molar-refractivity contribution in [1.29, 1.82) is 0 Å². The van der Waals surface area contributed by atoms with E-state index in [9.17, 15) is 4.79 Å². The van der Waals surface area contributed by atoms with E-state index in [2.05, 4.69) is 15.1 Å². The molecule has 17 heavy (non-hydrogen) atoms. The Bertz CT molecular complexity index is 520. The van der Waals surface area contributed by atoms with Crippen LogP contribution in [0.1, 0.15) is 17.3 Å². The lowest BCUT2D eigenvalue weighted by atomic mass is 10.4. The second-order valence-electron chi connectivity index (χ2n) is 3.19. The number of carbonyl (C=O) groups excluding carboxylic acids is 1. The Kier molecular flexibility index (Phi) is 2.99. The molecule has 0 aliphatic rings. The molecule has 0 amide bonds. The molecule has 7 heteroatoms. The fraction of sp³-hybridized carbons (Fsp3) is 0.200. The van der Waals surface area contributed by atoms with Gasteiger partial charge in [-0.25, -0.2) is 19.4 Å². The van der Waals surface area contributed by atoms with Crippen LogP contribution in [0.4, 0.5) is 5.82 Å². The highest BCUT2D eigenvalue weighted by Gasteiger charge is 2.10. The molecule has 7 nitrogen and oxygen atoms in total. The second-order valence-corrected chi connectivity index (χ2v) is 3.19. The molecule has 0 aliphatic heterocycles. The molecule has 0 saturated heterocycles. The van der Waals surface area contributed by atoms with Gasteiger partial charge in [-0.3, -0.25) is 0 Å². The standard InChI is InChI=1S/C10H11N5O2/c1-2-17-10(16)7-3-14-15(6-7)9-5-12-8(11)4-13-9/h3-6H,2H2,1H3,(H2,11,12). The molecule has 0 unspecified atom stereocenters. The number of rotatable bonds is 3. The molecule has 2 aromatic heterocycles. The quantitative estimate of drug-likeness (QED) is 0.772. The SMILES string of the molecule is CCOC(=O)c1cnn(-c2cnc(N)cn2)c1. The number of hydrogen-bond donors (Lipinski definition) is 1. The Balaban J connectivity index is 2.23. The minimum atomic E-state index is -0.415. The van der Waals surface area contributed by atoms with Crippen molar-refractivity contribution in [2.24, 2.45) is 0 Å². The molecule has 88 valence electrons. The van der Waals surface area contributed by atoms with Crippen molar-refractivity contribution in [3.8, 4) is 5.82 Å². The van der Waals surface area contributed by atoms with E-state index in [-0.39, 0.29) is 0 Å². The number of carbonyl (C=O) groups is 1. The summed E-state index contributed by atoms with van der Waals surface area (Å²) in [5.41, 5.74) is 5.79. The van der Waals surface area contributed by atoms with E-state index in [0.29, 0.717) is 23.8 Å². The van der Waals surface area contributed by atoms with Gasteiger partial charge >= 0.3 is 5.97 Å². The molecule has 0 saturated carbocycles. The monoisotopic (exact) mass is 233 g/mol. The van der Waals surface area contributed by atoms with Crippen LogP contribution in [-0.4, -0.2) is 32.3 Å². The van der Waals surface area contributed by atoms with Crippen molar-refractivity contribution < 1.29 is 9.53 Å². The van der Waals surface area contributed by atoms with Gasteiger partial charge in [0.1, 0.15) is 5.82 Å². The third kappa shape index (κ3) is 2.39. The van der Waals surface area contributed by atoms with Crippen molar-refractivity contribution in [2.75, 3.05) is 12.3 Å². The zero-order valence-corrected chi connectivity index (χ0v) is 9.20. The van der Waals surface area contributed by atoms with Crippen LogP contribution in [0.25, 0.3) is 5.82 Å². The van der Waals surface area contributed by atoms with Gasteiger partial charge in [0.2, 0.25) is 0 Å². The average molecular weight is 233 g/mol. The first-order chi connectivity index (χ1) is 8.20. The molecule has 0 spiro atoms. The van der Waals surface area contributed by atoms with Gasteiger partial charge in [-0.2, -0.15) is 5.10 Å². The minimum absolute atomic E-state index is 0.325. The number of aromatic nitrogens is 4. The Labute approximate surface area is 97.2 Å². The predicted molar refractivity (Wildman–Crippen MR) is 59.5 cm³/mol. The highest BCUT2D eigenvalue weighted by molar-refractivity contribution is 5.88. The van der Waals surface area contributed by atoms with Crippen molar-refractivity contribution in [3.63, 3.8) is 0 Å². The van der Waals surface area contributed by atoms with E-state index >= 15 is 0 Å². The van der Waals surface area contributed by atoms with Gasteiger partial charge in [0.15, 0.2) is 5.82 Å².